The van der Waals surface area contributed by atoms with Crippen LogP contribution in [0.4, 0.5) is 0 Å². The van der Waals surface area contributed by atoms with Crippen LogP contribution in [0.1, 0.15) is 58.9 Å². The normalized spacial score (nSPS) is 21.6. The zero-order valence-corrected chi connectivity index (χ0v) is 20.5. The zero-order valence-electron chi connectivity index (χ0n) is 19.7. The van der Waals surface area contributed by atoms with E-state index in [-0.39, 0.29) is 21.9 Å². The molecule has 1 atom stereocenters. The molecule has 0 radical (unpaired) electrons. The van der Waals surface area contributed by atoms with Crippen molar-refractivity contribution in [1.82, 2.24) is 14.9 Å². The molecule has 3 rings (SSSR count). The number of aliphatic imine (C=N–C) groups is 1. The van der Waals surface area contributed by atoms with Gasteiger partial charge in [-0.3, -0.25) is 14.5 Å². The summed E-state index contributed by atoms with van der Waals surface area (Å²) in [5.74, 6) is -0.498. The third kappa shape index (κ3) is 5.84. The molecule has 1 unspecified atom stereocenters. The fourth-order valence-electron chi connectivity index (χ4n) is 4.25. The summed E-state index contributed by atoms with van der Waals surface area (Å²) in [7, 11) is -3.88. The number of fused-ring (bicyclic) bond motifs is 1. The topological polar surface area (TPSA) is 135 Å². The van der Waals surface area contributed by atoms with Crippen LogP contribution in [-0.4, -0.2) is 61.4 Å². The lowest BCUT2D eigenvalue weighted by atomic mass is 9.85. The number of hydrogen-bond donors (Lipinski definition) is 3. The van der Waals surface area contributed by atoms with Crippen LogP contribution in [0.25, 0.3) is 0 Å². The molecule has 180 valence electrons. The summed E-state index contributed by atoms with van der Waals surface area (Å²) in [4.78, 5) is 20.1. The number of benzene rings is 1. The monoisotopic (exact) mass is 475 g/mol. The quantitative estimate of drug-likeness (QED) is 0.577. The maximum atomic E-state index is 13.4. The Kier molecular flexibility index (Phi) is 7.05. The molecule has 3 N–H and O–H groups in total. The standard InChI is InChI=1S/C23H33N5O4S/c1-5-10-28-11-8-23(15-24,9-12-28)26-21(30)18(14-22(2,3)4)25-20-17-7-6-16(29)13-19(17)33(31,32)27-20/h6-7,13,18,29H,5,8-12,14H2,1-4H3,(H,25,27)(H,26,30). The number of likely N-dealkylation sites (tertiary alicyclic amines) is 1. The van der Waals surface area contributed by atoms with Crippen molar-refractivity contribution < 1.29 is 18.3 Å². The Morgan fingerprint density at radius 1 is 1.36 bits per heavy atom. The van der Waals surface area contributed by atoms with Crippen molar-refractivity contribution in [1.29, 1.82) is 5.26 Å². The number of aromatic hydroxyl groups is 1. The van der Waals surface area contributed by atoms with E-state index in [1.54, 1.807) is 0 Å². The molecule has 10 heteroatoms. The van der Waals surface area contributed by atoms with Crippen molar-refractivity contribution in [3.05, 3.63) is 23.8 Å². The van der Waals surface area contributed by atoms with E-state index >= 15 is 0 Å². The van der Waals surface area contributed by atoms with Gasteiger partial charge in [0.15, 0.2) is 0 Å². The summed E-state index contributed by atoms with van der Waals surface area (Å²) in [6.45, 7) is 10.5. The van der Waals surface area contributed by atoms with Crippen LogP contribution >= 0.6 is 0 Å². The number of rotatable bonds is 6. The maximum Gasteiger partial charge on any atom is 0.263 e. The predicted molar refractivity (Wildman–Crippen MR) is 125 cm³/mol. The van der Waals surface area contributed by atoms with Crippen LogP contribution in [0.15, 0.2) is 28.1 Å². The van der Waals surface area contributed by atoms with Crippen LogP contribution in [0.3, 0.4) is 0 Å². The third-order valence-corrected chi connectivity index (χ3v) is 7.34. The number of sulfonamides is 1. The lowest BCUT2D eigenvalue weighted by molar-refractivity contribution is -0.124. The molecule has 0 saturated carbocycles. The fourth-order valence-corrected chi connectivity index (χ4v) is 5.51. The summed E-state index contributed by atoms with van der Waals surface area (Å²) < 4.78 is 27.4. The highest BCUT2D eigenvalue weighted by molar-refractivity contribution is 7.90. The molecule has 0 bridgehead atoms. The number of hydrogen-bond acceptors (Lipinski definition) is 7. The van der Waals surface area contributed by atoms with Crippen molar-refractivity contribution in [2.75, 3.05) is 19.6 Å². The van der Waals surface area contributed by atoms with Crippen LogP contribution in [0.2, 0.25) is 0 Å². The highest BCUT2D eigenvalue weighted by atomic mass is 32.2. The van der Waals surface area contributed by atoms with E-state index in [9.17, 15) is 23.6 Å². The molecule has 1 aromatic carbocycles. The van der Waals surface area contributed by atoms with Gasteiger partial charge in [0.2, 0.25) is 5.91 Å². The molecule has 1 saturated heterocycles. The van der Waals surface area contributed by atoms with Crippen LogP contribution in [0, 0.1) is 16.7 Å². The summed E-state index contributed by atoms with van der Waals surface area (Å²) >= 11 is 0. The molecule has 2 heterocycles. The van der Waals surface area contributed by atoms with Crippen molar-refractivity contribution >= 4 is 21.8 Å². The highest BCUT2D eigenvalue weighted by Gasteiger charge is 2.39. The average molecular weight is 476 g/mol. The lowest BCUT2D eigenvalue weighted by Gasteiger charge is -2.38. The minimum absolute atomic E-state index is 0.0678. The Balaban J connectivity index is 1.88. The Bertz CT molecular complexity index is 1080. The van der Waals surface area contributed by atoms with Gasteiger partial charge in [0.05, 0.1) is 6.07 Å². The number of piperidine rings is 1. The Hall–Kier alpha value is -2.64. The Labute approximate surface area is 195 Å². The number of amidine groups is 1. The summed E-state index contributed by atoms with van der Waals surface area (Å²) in [5, 5.41) is 22.5. The van der Waals surface area contributed by atoms with E-state index in [2.05, 4.69) is 32.9 Å². The van der Waals surface area contributed by atoms with E-state index in [1.807, 2.05) is 20.8 Å². The first-order valence-corrected chi connectivity index (χ1v) is 12.8. The van der Waals surface area contributed by atoms with Gasteiger partial charge >= 0.3 is 0 Å². The van der Waals surface area contributed by atoms with Gasteiger partial charge in [-0.1, -0.05) is 27.7 Å². The molecule has 1 amide bonds. The highest BCUT2D eigenvalue weighted by Crippen LogP contribution is 2.29. The van der Waals surface area contributed by atoms with Gasteiger partial charge in [0.1, 0.15) is 28.1 Å². The van der Waals surface area contributed by atoms with Gasteiger partial charge in [-0.2, -0.15) is 5.26 Å². The Morgan fingerprint density at radius 3 is 2.61 bits per heavy atom. The SMILES string of the molecule is CCCN1CCC(C#N)(NC(=O)C(CC(C)(C)C)N=C2NS(=O)(=O)c3cc(O)ccc32)CC1. The minimum Gasteiger partial charge on any atom is -0.508 e. The summed E-state index contributed by atoms with van der Waals surface area (Å²) in [6.07, 6.45) is 2.46. The summed E-state index contributed by atoms with van der Waals surface area (Å²) in [6, 6.07) is 5.43. The molecule has 1 fully saturated rings. The molecule has 2 aliphatic rings. The molecule has 1 aromatic rings. The van der Waals surface area contributed by atoms with Crippen LogP contribution in [-0.2, 0) is 14.8 Å². The molecule has 2 aliphatic heterocycles. The number of carbonyl (C=O) groups is 1. The van der Waals surface area contributed by atoms with E-state index in [1.165, 1.54) is 12.1 Å². The molecule has 0 aliphatic carbocycles. The van der Waals surface area contributed by atoms with Gasteiger partial charge in [0, 0.05) is 24.7 Å². The number of carbonyl (C=O) groups excluding carboxylic acids is 1. The molecule has 33 heavy (non-hydrogen) atoms. The van der Waals surface area contributed by atoms with Gasteiger partial charge < -0.3 is 15.3 Å². The first-order chi connectivity index (χ1) is 15.4. The minimum atomic E-state index is -3.88. The number of phenols is 1. The van der Waals surface area contributed by atoms with E-state index in [0.717, 1.165) is 32.1 Å². The predicted octanol–water partition coefficient (Wildman–Crippen LogP) is 2.12. The number of phenolic OH excluding ortho intramolecular Hbond substituents is 1. The van der Waals surface area contributed by atoms with E-state index in [0.29, 0.717) is 24.8 Å². The Morgan fingerprint density at radius 2 is 2.03 bits per heavy atom. The summed E-state index contributed by atoms with van der Waals surface area (Å²) in [5.41, 5.74) is -0.926. The molecule has 0 spiro atoms. The number of amides is 1. The first kappa shape index (κ1) is 25.0. The fraction of sp³-hybridized carbons (Fsp3) is 0.609. The van der Waals surface area contributed by atoms with Gasteiger partial charge in [-0.25, -0.2) is 8.42 Å². The molecular weight excluding hydrogens is 442 g/mol. The maximum absolute atomic E-state index is 13.4. The van der Waals surface area contributed by atoms with Crippen molar-refractivity contribution in [3.63, 3.8) is 0 Å². The van der Waals surface area contributed by atoms with Crippen molar-refractivity contribution in [3.8, 4) is 11.8 Å². The number of nitrogens with one attached hydrogen (secondary N) is 2. The lowest BCUT2D eigenvalue weighted by Crippen LogP contribution is -2.56. The van der Waals surface area contributed by atoms with Crippen LogP contribution in [0.5, 0.6) is 5.75 Å². The second kappa shape index (κ2) is 9.31. The van der Waals surface area contributed by atoms with E-state index in [4.69, 9.17) is 0 Å². The number of nitrogens with zero attached hydrogens (tertiary/aromatic N) is 3. The second-order valence-corrected chi connectivity index (χ2v) is 11.7. The van der Waals surface area contributed by atoms with Gasteiger partial charge in [-0.05, 0) is 49.8 Å². The van der Waals surface area contributed by atoms with Crippen molar-refractivity contribution in [2.24, 2.45) is 10.4 Å². The smallest absolute Gasteiger partial charge is 0.263 e. The van der Waals surface area contributed by atoms with Crippen LogP contribution < -0.4 is 10.0 Å². The van der Waals surface area contributed by atoms with E-state index < -0.39 is 27.5 Å². The first-order valence-electron chi connectivity index (χ1n) is 11.3. The zero-order chi connectivity index (χ0) is 24.4. The van der Waals surface area contributed by atoms with Gasteiger partial charge in [0.25, 0.3) is 10.0 Å². The van der Waals surface area contributed by atoms with Gasteiger partial charge in [-0.15, -0.1) is 0 Å². The molecule has 0 aromatic heterocycles. The number of nitriles is 1. The van der Waals surface area contributed by atoms with Crippen molar-refractivity contribution in [2.45, 2.75) is 69.9 Å². The largest absolute Gasteiger partial charge is 0.508 e. The molecule has 9 nitrogen and oxygen atoms in total. The third-order valence-electron chi connectivity index (χ3n) is 5.96. The molecular formula is C23H33N5O4S. The second-order valence-electron chi connectivity index (χ2n) is 10.1. The average Bonchev–Trinajstić information content (AvgIpc) is 2.97.